The average molecular weight is 339 g/mol. The molecule has 2 amide bonds. The topological polar surface area (TPSA) is 65.5 Å². The number of amides is 2. The first-order valence-corrected chi connectivity index (χ1v) is 7.91. The summed E-state index contributed by atoms with van der Waals surface area (Å²) in [6, 6.07) is 3.94. The van der Waals surface area contributed by atoms with Crippen LogP contribution in [0.25, 0.3) is 0 Å². The molecule has 1 aromatic heterocycles. The highest BCUT2D eigenvalue weighted by atomic mass is 35.5. The molecule has 0 saturated carbocycles. The lowest BCUT2D eigenvalue weighted by Gasteiger charge is -2.41. The molecule has 0 spiro atoms. The van der Waals surface area contributed by atoms with E-state index in [9.17, 15) is 9.59 Å². The van der Waals surface area contributed by atoms with Crippen LogP contribution in [0.2, 0.25) is 0 Å². The lowest BCUT2D eigenvalue weighted by molar-refractivity contribution is -0.140. The van der Waals surface area contributed by atoms with Gasteiger partial charge in [0, 0.05) is 44.6 Å². The third-order valence-electron chi connectivity index (χ3n) is 4.39. The van der Waals surface area contributed by atoms with E-state index in [1.54, 1.807) is 12.4 Å². The molecular weight excluding hydrogens is 316 g/mol. The molecule has 0 radical (unpaired) electrons. The van der Waals surface area contributed by atoms with Crippen LogP contribution < -0.4 is 5.32 Å². The lowest BCUT2D eigenvalue weighted by Crippen LogP contribution is -2.57. The Labute approximate surface area is 142 Å². The molecule has 1 atom stereocenters. The van der Waals surface area contributed by atoms with E-state index in [2.05, 4.69) is 10.3 Å². The minimum atomic E-state index is 0. The monoisotopic (exact) mass is 338 g/mol. The molecule has 7 heteroatoms. The smallest absolute Gasteiger partial charge is 0.236 e. The summed E-state index contributed by atoms with van der Waals surface area (Å²) in [5, 5.41) is 3.09. The van der Waals surface area contributed by atoms with Crippen LogP contribution in [-0.4, -0.2) is 65.4 Å². The van der Waals surface area contributed by atoms with Gasteiger partial charge in [0.1, 0.15) is 0 Å². The van der Waals surface area contributed by atoms with Crippen molar-refractivity contribution in [1.82, 2.24) is 20.1 Å². The van der Waals surface area contributed by atoms with Crippen LogP contribution in [0.4, 0.5) is 0 Å². The fraction of sp³-hybridized carbons (Fsp3) is 0.562. The minimum Gasteiger partial charge on any atom is -0.340 e. The summed E-state index contributed by atoms with van der Waals surface area (Å²) in [6.07, 6.45) is 5.78. The molecule has 2 fully saturated rings. The largest absolute Gasteiger partial charge is 0.340 e. The molecule has 1 aromatic rings. The summed E-state index contributed by atoms with van der Waals surface area (Å²) >= 11 is 0. The van der Waals surface area contributed by atoms with Crippen LogP contribution in [0.3, 0.4) is 0 Å². The standard InChI is InChI=1S/C16H22N4O2.ClH/c21-15(9-13-3-1-5-17-10-13)19-7-2-4-14(12-19)20-8-6-18-11-16(20)22;/h1,3,5,10,14,18H,2,4,6-9,11-12H2;1H. The molecule has 2 aliphatic heterocycles. The first-order valence-electron chi connectivity index (χ1n) is 7.91. The molecule has 0 aromatic carbocycles. The van der Waals surface area contributed by atoms with E-state index in [0.717, 1.165) is 38.0 Å². The number of nitrogens with one attached hydrogen (secondary N) is 1. The van der Waals surface area contributed by atoms with Crippen molar-refractivity contribution < 1.29 is 9.59 Å². The Kier molecular flexibility index (Phi) is 6.36. The molecular formula is C16H23ClN4O2. The Hall–Kier alpha value is -1.66. The third kappa shape index (κ3) is 4.42. The predicted molar refractivity (Wildman–Crippen MR) is 89.4 cm³/mol. The van der Waals surface area contributed by atoms with Crippen LogP contribution in [0.1, 0.15) is 18.4 Å². The average Bonchev–Trinajstić information content (AvgIpc) is 2.56. The zero-order valence-corrected chi connectivity index (χ0v) is 13.9. The second-order valence-electron chi connectivity index (χ2n) is 5.94. The highest BCUT2D eigenvalue weighted by Crippen LogP contribution is 2.18. The Balaban J connectivity index is 0.00000192. The number of carbonyl (C=O) groups excluding carboxylic acids is 2. The van der Waals surface area contributed by atoms with E-state index < -0.39 is 0 Å². The SMILES string of the molecule is Cl.O=C(Cc1cccnc1)N1CCCC(N2CCNCC2=O)C1. The van der Waals surface area contributed by atoms with Gasteiger partial charge >= 0.3 is 0 Å². The Morgan fingerprint density at radius 3 is 3.00 bits per heavy atom. The molecule has 0 bridgehead atoms. The van der Waals surface area contributed by atoms with Gasteiger partial charge in [-0.25, -0.2) is 0 Å². The van der Waals surface area contributed by atoms with Gasteiger partial charge in [0.15, 0.2) is 0 Å². The number of piperidine rings is 1. The first kappa shape index (κ1) is 17.7. The number of aromatic nitrogens is 1. The quantitative estimate of drug-likeness (QED) is 0.870. The number of piperazine rings is 1. The maximum absolute atomic E-state index is 12.5. The molecule has 2 aliphatic rings. The number of hydrogen-bond acceptors (Lipinski definition) is 4. The van der Waals surface area contributed by atoms with E-state index in [0.29, 0.717) is 19.5 Å². The molecule has 2 saturated heterocycles. The summed E-state index contributed by atoms with van der Waals surface area (Å²) in [7, 11) is 0. The number of likely N-dealkylation sites (tertiary alicyclic amines) is 1. The Morgan fingerprint density at radius 2 is 2.26 bits per heavy atom. The number of hydrogen-bond donors (Lipinski definition) is 1. The van der Waals surface area contributed by atoms with Gasteiger partial charge in [-0.15, -0.1) is 12.4 Å². The molecule has 6 nitrogen and oxygen atoms in total. The fourth-order valence-electron chi connectivity index (χ4n) is 3.23. The van der Waals surface area contributed by atoms with Crippen LogP contribution in [0.15, 0.2) is 24.5 Å². The minimum absolute atomic E-state index is 0. The van der Waals surface area contributed by atoms with Gasteiger partial charge in [-0.05, 0) is 24.5 Å². The highest BCUT2D eigenvalue weighted by molar-refractivity contribution is 5.85. The van der Waals surface area contributed by atoms with E-state index in [1.165, 1.54) is 0 Å². The van der Waals surface area contributed by atoms with Crippen molar-refractivity contribution in [2.75, 3.05) is 32.7 Å². The summed E-state index contributed by atoms with van der Waals surface area (Å²) in [4.78, 5) is 32.4. The van der Waals surface area contributed by atoms with Crippen molar-refractivity contribution in [1.29, 1.82) is 0 Å². The number of rotatable bonds is 3. The molecule has 126 valence electrons. The van der Waals surface area contributed by atoms with Gasteiger partial charge < -0.3 is 15.1 Å². The maximum atomic E-state index is 12.5. The van der Waals surface area contributed by atoms with E-state index in [1.807, 2.05) is 21.9 Å². The van der Waals surface area contributed by atoms with Gasteiger partial charge in [-0.3, -0.25) is 14.6 Å². The highest BCUT2D eigenvalue weighted by Gasteiger charge is 2.31. The third-order valence-corrected chi connectivity index (χ3v) is 4.39. The summed E-state index contributed by atoms with van der Waals surface area (Å²) in [5.41, 5.74) is 0.938. The van der Waals surface area contributed by atoms with Gasteiger partial charge in [-0.2, -0.15) is 0 Å². The normalized spacial score (nSPS) is 21.7. The second-order valence-corrected chi connectivity index (χ2v) is 5.94. The van der Waals surface area contributed by atoms with Gasteiger partial charge in [0.2, 0.25) is 11.8 Å². The predicted octanol–water partition coefficient (Wildman–Crippen LogP) is 0.469. The van der Waals surface area contributed by atoms with Crippen molar-refractivity contribution >= 4 is 24.2 Å². The van der Waals surface area contributed by atoms with Crippen LogP contribution >= 0.6 is 12.4 Å². The molecule has 3 heterocycles. The van der Waals surface area contributed by atoms with Crippen LogP contribution in [0.5, 0.6) is 0 Å². The maximum Gasteiger partial charge on any atom is 0.236 e. The summed E-state index contributed by atoms with van der Waals surface area (Å²) in [5.74, 6) is 0.276. The van der Waals surface area contributed by atoms with Crippen molar-refractivity contribution in [2.24, 2.45) is 0 Å². The number of pyridine rings is 1. The van der Waals surface area contributed by atoms with Gasteiger partial charge in [-0.1, -0.05) is 6.07 Å². The molecule has 23 heavy (non-hydrogen) atoms. The molecule has 1 N–H and O–H groups in total. The Bertz CT molecular complexity index is 540. The van der Waals surface area contributed by atoms with Crippen molar-refractivity contribution in [3.05, 3.63) is 30.1 Å². The summed E-state index contributed by atoms with van der Waals surface area (Å²) < 4.78 is 0. The number of halogens is 1. The number of carbonyl (C=O) groups is 2. The van der Waals surface area contributed by atoms with Gasteiger partial charge in [0.05, 0.1) is 13.0 Å². The van der Waals surface area contributed by atoms with E-state index in [4.69, 9.17) is 0 Å². The molecule has 3 rings (SSSR count). The van der Waals surface area contributed by atoms with Crippen molar-refractivity contribution in [2.45, 2.75) is 25.3 Å². The molecule has 1 unspecified atom stereocenters. The van der Waals surface area contributed by atoms with E-state index >= 15 is 0 Å². The second kappa shape index (κ2) is 8.26. The lowest BCUT2D eigenvalue weighted by atomic mass is 10.0. The van der Waals surface area contributed by atoms with Gasteiger partial charge in [0.25, 0.3) is 0 Å². The van der Waals surface area contributed by atoms with Crippen LogP contribution in [0, 0.1) is 0 Å². The zero-order chi connectivity index (χ0) is 15.4. The molecule has 0 aliphatic carbocycles. The van der Waals surface area contributed by atoms with Crippen LogP contribution in [-0.2, 0) is 16.0 Å². The number of nitrogens with zero attached hydrogens (tertiary/aromatic N) is 3. The Morgan fingerprint density at radius 1 is 1.39 bits per heavy atom. The summed E-state index contributed by atoms with van der Waals surface area (Å²) in [6.45, 7) is 3.45. The fourth-order valence-corrected chi connectivity index (χ4v) is 3.23. The zero-order valence-electron chi connectivity index (χ0n) is 13.1. The van der Waals surface area contributed by atoms with Crippen molar-refractivity contribution in [3.63, 3.8) is 0 Å². The van der Waals surface area contributed by atoms with Crippen molar-refractivity contribution in [3.8, 4) is 0 Å². The first-order chi connectivity index (χ1) is 10.7. The van der Waals surface area contributed by atoms with E-state index in [-0.39, 0.29) is 30.3 Å².